The lowest BCUT2D eigenvalue weighted by molar-refractivity contribution is -0.127. The number of nitrogens with zero attached hydrogens (tertiary/aromatic N) is 4. The first-order valence-corrected chi connectivity index (χ1v) is 13.7. The SMILES string of the molecule is COc1ccc(OC)c([C@H](C(=O)NC2CCCCC2)N(C(=O)Cn2nnc3ccccc32)c2ccccc2C)c1. The molecule has 9 nitrogen and oxygen atoms in total. The van der Waals surface area contributed by atoms with Crippen molar-refractivity contribution in [3.63, 3.8) is 0 Å². The summed E-state index contributed by atoms with van der Waals surface area (Å²) in [6, 6.07) is 19.4. The Morgan fingerprint density at radius 2 is 1.75 bits per heavy atom. The molecule has 5 rings (SSSR count). The number of anilines is 1. The van der Waals surface area contributed by atoms with E-state index in [9.17, 15) is 9.59 Å². The maximum absolute atomic E-state index is 14.4. The lowest BCUT2D eigenvalue weighted by atomic mass is 9.94. The van der Waals surface area contributed by atoms with E-state index >= 15 is 0 Å². The van der Waals surface area contributed by atoms with Crippen molar-refractivity contribution in [2.45, 2.75) is 57.7 Å². The van der Waals surface area contributed by atoms with Crippen molar-refractivity contribution in [1.82, 2.24) is 20.3 Å². The Morgan fingerprint density at radius 1 is 1.00 bits per heavy atom. The number of aromatic nitrogens is 3. The van der Waals surface area contributed by atoms with Gasteiger partial charge in [-0.2, -0.15) is 0 Å². The molecule has 9 heteroatoms. The molecule has 1 fully saturated rings. The van der Waals surface area contributed by atoms with Crippen molar-refractivity contribution in [2.75, 3.05) is 19.1 Å². The monoisotopic (exact) mass is 541 g/mol. The normalized spacial score (nSPS) is 14.5. The number of carbonyl (C=O) groups is 2. The molecule has 1 aliphatic rings. The van der Waals surface area contributed by atoms with Crippen LogP contribution in [0.4, 0.5) is 5.69 Å². The van der Waals surface area contributed by atoms with Gasteiger partial charge < -0.3 is 14.8 Å². The van der Waals surface area contributed by atoms with Gasteiger partial charge in [0.25, 0.3) is 0 Å². The average Bonchev–Trinajstić information content (AvgIpc) is 3.39. The molecule has 0 unspecified atom stereocenters. The minimum absolute atomic E-state index is 0.0495. The van der Waals surface area contributed by atoms with Crippen LogP contribution in [-0.4, -0.2) is 47.1 Å². The lowest BCUT2D eigenvalue weighted by Crippen LogP contribution is -2.48. The van der Waals surface area contributed by atoms with Crippen LogP contribution in [-0.2, 0) is 16.1 Å². The highest BCUT2D eigenvalue weighted by molar-refractivity contribution is 6.02. The van der Waals surface area contributed by atoms with Gasteiger partial charge in [-0.1, -0.05) is 54.8 Å². The highest BCUT2D eigenvalue weighted by atomic mass is 16.5. The minimum Gasteiger partial charge on any atom is -0.497 e. The van der Waals surface area contributed by atoms with E-state index in [4.69, 9.17) is 9.47 Å². The van der Waals surface area contributed by atoms with Gasteiger partial charge in [-0.25, -0.2) is 4.68 Å². The first-order chi connectivity index (χ1) is 19.5. The summed E-state index contributed by atoms with van der Waals surface area (Å²) < 4.78 is 12.8. The van der Waals surface area contributed by atoms with Crippen LogP contribution in [0.15, 0.2) is 66.7 Å². The number of ether oxygens (including phenoxy) is 2. The third-order valence-corrected chi connectivity index (χ3v) is 7.54. The zero-order valence-corrected chi connectivity index (χ0v) is 23.2. The smallest absolute Gasteiger partial charge is 0.249 e. The fourth-order valence-corrected chi connectivity index (χ4v) is 5.47. The number of fused-ring (bicyclic) bond motifs is 1. The van der Waals surface area contributed by atoms with Gasteiger partial charge in [-0.3, -0.25) is 14.5 Å². The molecule has 0 bridgehead atoms. The van der Waals surface area contributed by atoms with Crippen molar-refractivity contribution in [3.05, 3.63) is 77.9 Å². The van der Waals surface area contributed by atoms with Gasteiger partial charge in [-0.15, -0.1) is 5.10 Å². The Morgan fingerprint density at radius 3 is 2.50 bits per heavy atom. The van der Waals surface area contributed by atoms with E-state index in [1.54, 1.807) is 42.0 Å². The standard InChI is InChI=1S/C31H35N5O4/c1-21-11-7-9-15-26(21)36(29(37)20-35-27-16-10-8-14-25(27)33-34-35)30(31(38)32-22-12-5-4-6-13-22)24-19-23(39-2)17-18-28(24)40-3/h7-11,14-19,22,30H,4-6,12-13,20H2,1-3H3,(H,32,38)/t30-/m1/s1. The molecule has 0 aliphatic heterocycles. The summed E-state index contributed by atoms with van der Waals surface area (Å²) >= 11 is 0. The summed E-state index contributed by atoms with van der Waals surface area (Å²) in [5, 5.41) is 11.7. The second kappa shape index (κ2) is 12.2. The van der Waals surface area contributed by atoms with E-state index in [-0.39, 0.29) is 24.4 Å². The molecule has 1 aliphatic carbocycles. The number of hydrogen-bond acceptors (Lipinski definition) is 6. The largest absolute Gasteiger partial charge is 0.497 e. The summed E-state index contributed by atoms with van der Waals surface area (Å²) in [6.07, 6.45) is 5.13. The lowest BCUT2D eigenvalue weighted by Gasteiger charge is -2.35. The van der Waals surface area contributed by atoms with E-state index in [1.807, 2.05) is 55.5 Å². The molecule has 0 radical (unpaired) electrons. The second-order valence-corrected chi connectivity index (χ2v) is 10.1. The van der Waals surface area contributed by atoms with Crippen LogP contribution in [0.25, 0.3) is 11.0 Å². The summed E-state index contributed by atoms with van der Waals surface area (Å²) in [7, 11) is 3.13. The van der Waals surface area contributed by atoms with Crippen LogP contribution in [0.5, 0.6) is 11.5 Å². The van der Waals surface area contributed by atoms with E-state index < -0.39 is 6.04 Å². The fraction of sp³-hybridized carbons (Fsp3) is 0.355. The van der Waals surface area contributed by atoms with Crippen LogP contribution < -0.4 is 19.7 Å². The number of methoxy groups -OCH3 is 2. The summed E-state index contributed by atoms with van der Waals surface area (Å²) in [6.45, 7) is 1.83. The topological polar surface area (TPSA) is 98.6 Å². The minimum atomic E-state index is -1.02. The molecule has 4 aromatic rings. The number of rotatable bonds is 9. The van der Waals surface area contributed by atoms with Crippen molar-refractivity contribution >= 4 is 28.5 Å². The first-order valence-electron chi connectivity index (χ1n) is 13.7. The average molecular weight is 542 g/mol. The zero-order chi connectivity index (χ0) is 28.1. The van der Waals surface area contributed by atoms with Gasteiger partial charge in [0.1, 0.15) is 29.6 Å². The number of amides is 2. The summed E-state index contributed by atoms with van der Waals surface area (Å²) in [5.74, 6) is 0.477. The van der Waals surface area contributed by atoms with Crippen molar-refractivity contribution in [1.29, 1.82) is 0 Å². The predicted octanol–water partition coefficient (Wildman–Crippen LogP) is 4.98. The van der Waals surface area contributed by atoms with Gasteiger partial charge in [0, 0.05) is 17.3 Å². The van der Waals surface area contributed by atoms with Gasteiger partial charge in [0.2, 0.25) is 11.8 Å². The Bertz CT molecular complexity index is 1490. The zero-order valence-electron chi connectivity index (χ0n) is 23.2. The third-order valence-electron chi connectivity index (χ3n) is 7.54. The third kappa shape index (κ3) is 5.64. The molecule has 3 aromatic carbocycles. The quantitative estimate of drug-likeness (QED) is 0.321. The molecule has 1 saturated carbocycles. The van der Waals surface area contributed by atoms with Gasteiger partial charge >= 0.3 is 0 Å². The van der Waals surface area contributed by atoms with Crippen molar-refractivity contribution < 1.29 is 19.1 Å². The molecule has 2 amide bonds. The van der Waals surface area contributed by atoms with Crippen LogP contribution in [0.1, 0.15) is 49.3 Å². The second-order valence-electron chi connectivity index (χ2n) is 10.1. The van der Waals surface area contributed by atoms with Gasteiger partial charge in [0.15, 0.2) is 0 Å². The molecule has 1 aromatic heterocycles. The van der Waals surface area contributed by atoms with Gasteiger partial charge in [-0.05, 0) is 61.7 Å². The molecule has 1 heterocycles. The number of para-hydroxylation sites is 2. The van der Waals surface area contributed by atoms with Crippen LogP contribution in [0, 0.1) is 6.92 Å². The van der Waals surface area contributed by atoms with Crippen molar-refractivity contribution in [2.24, 2.45) is 0 Å². The maximum Gasteiger partial charge on any atom is 0.249 e. The highest BCUT2D eigenvalue weighted by Gasteiger charge is 2.37. The van der Waals surface area contributed by atoms with Crippen LogP contribution in [0.2, 0.25) is 0 Å². The van der Waals surface area contributed by atoms with E-state index in [0.29, 0.717) is 28.3 Å². The molecule has 0 spiro atoms. The molecule has 40 heavy (non-hydrogen) atoms. The summed E-state index contributed by atoms with van der Waals surface area (Å²) in [4.78, 5) is 30.2. The number of aryl methyl sites for hydroxylation is 1. The summed E-state index contributed by atoms with van der Waals surface area (Å²) in [5.41, 5.74) is 3.46. The Balaban J connectivity index is 1.64. The van der Waals surface area contributed by atoms with E-state index in [1.165, 1.54) is 6.42 Å². The van der Waals surface area contributed by atoms with E-state index in [0.717, 1.165) is 36.8 Å². The fourth-order valence-electron chi connectivity index (χ4n) is 5.47. The van der Waals surface area contributed by atoms with E-state index in [2.05, 4.69) is 15.6 Å². The number of hydrogen-bond donors (Lipinski definition) is 1. The first kappa shape index (κ1) is 27.2. The molecule has 0 saturated heterocycles. The number of carbonyl (C=O) groups excluding carboxylic acids is 2. The Kier molecular flexibility index (Phi) is 8.28. The van der Waals surface area contributed by atoms with Crippen molar-refractivity contribution in [3.8, 4) is 11.5 Å². The molecule has 1 N–H and O–H groups in total. The number of benzene rings is 3. The predicted molar refractivity (Wildman–Crippen MR) is 153 cm³/mol. The van der Waals surface area contributed by atoms with Gasteiger partial charge in [0.05, 0.1) is 19.7 Å². The molecular weight excluding hydrogens is 506 g/mol. The van der Waals surface area contributed by atoms with Crippen LogP contribution in [0.3, 0.4) is 0 Å². The maximum atomic E-state index is 14.4. The van der Waals surface area contributed by atoms with Crippen LogP contribution >= 0.6 is 0 Å². The molecule has 1 atom stereocenters. The number of nitrogens with one attached hydrogen (secondary N) is 1. The Labute approximate surface area is 234 Å². The molecule has 208 valence electrons. The molecular formula is C31H35N5O4. The highest BCUT2D eigenvalue weighted by Crippen LogP contribution is 2.37. The Hall–Kier alpha value is -4.40.